The largest absolute Gasteiger partial charge is 0.481 e. The van der Waals surface area contributed by atoms with Gasteiger partial charge < -0.3 is 20.8 Å². The van der Waals surface area contributed by atoms with Crippen LogP contribution in [-0.2, 0) is 4.79 Å². The number of carboxylic acid groups (broad SMARTS) is 2. The maximum atomic E-state index is 11.8. The minimum absolute atomic E-state index is 0.240. The van der Waals surface area contributed by atoms with Gasteiger partial charge in [-0.2, -0.15) is 0 Å². The van der Waals surface area contributed by atoms with E-state index in [2.05, 4.69) is 0 Å². The van der Waals surface area contributed by atoms with Crippen LogP contribution in [0.1, 0.15) is 23.6 Å². The normalized spacial score (nSPS) is 19.6. The van der Waals surface area contributed by atoms with Crippen LogP contribution in [0.3, 0.4) is 0 Å². The number of rotatable bonds is 4. The predicted molar refractivity (Wildman–Crippen MR) is 75.0 cm³/mol. The number of carbonyl (C=O) groups is 2. The Bertz CT molecular complexity index is 481. The van der Waals surface area contributed by atoms with Crippen LogP contribution in [-0.4, -0.2) is 46.8 Å². The first-order valence-electron chi connectivity index (χ1n) is 6.46. The number of hydrogen-bond acceptors (Lipinski definition) is 4. The van der Waals surface area contributed by atoms with Crippen molar-refractivity contribution in [2.24, 2.45) is 11.1 Å². The zero-order valence-electron chi connectivity index (χ0n) is 11.0. The maximum absolute atomic E-state index is 11.8. The van der Waals surface area contributed by atoms with Crippen molar-refractivity contribution in [3.05, 3.63) is 22.4 Å². The van der Waals surface area contributed by atoms with Crippen LogP contribution in [0.4, 0.5) is 4.79 Å². The van der Waals surface area contributed by atoms with E-state index in [1.165, 1.54) is 16.2 Å². The van der Waals surface area contributed by atoms with E-state index in [9.17, 15) is 14.7 Å². The van der Waals surface area contributed by atoms with Crippen molar-refractivity contribution in [1.29, 1.82) is 0 Å². The van der Waals surface area contributed by atoms with Crippen LogP contribution < -0.4 is 5.73 Å². The Morgan fingerprint density at radius 3 is 2.45 bits per heavy atom. The molecule has 1 aromatic rings. The number of nitrogens with zero attached hydrogens (tertiary/aromatic N) is 1. The molecule has 2 heterocycles. The van der Waals surface area contributed by atoms with Crippen molar-refractivity contribution < 1.29 is 19.8 Å². The molecule has 0 saturated carbocycles. The van der Waals surface area contributed by atoms with Crippen LogP contribution in [0.5, 0.6) is 0 Å². The summed E-state index contributed by atoms with van der Waals surface area (Å²) in [5.74, 6) is -1.15. The molecule has 1 aliphatic rings. The quantitative estimate of drug-likeness (QED) is 0.784. The van der Waals surface area contributed by atoms with E-state index < -0.39 is 17.5 Å². The molecule has 7 heteroatoms. The van der Waals surface area contributed by atoms with Gasteiger partial charge in [0, 0.05) is 30.4 Å². The highest BCUT2D eigenvalue weighted by Crippen LogP contribution is 2.45. The second kappa shape index (κ2) is 5.80. The Kier molecular flexibility index (Phi) is 4.29. The molecule has 1 aliphatic heterocycles. The van der Waals surface area contributed by atoms with E-state index in [4.69, 9.17) is 10.8 Å². The predicted octanol–water partition coefficient (Wildman–Crippen LogP) is 1.64. The van der Waals surface area contributed by atoms with Gasteiger partial charge in [-0.1, -0.05) is 6.07 Å². The van der Waals surface area contributed by atoms with Gasteiger partial charge in [-0.25, -0.2) is 4.79 Å². The zero-order valence-corrected chi connectivity index (χ0v) is 11.8. The van der Waals surface area contributed by atoms with Crippen molar-refractivity contribution in [1.82, 2.24) is 4.90 Å². The molecule has 0 bridgehead atoms. The van der Waals surface area contributed by atoms with Crippen LogP contribution in [0, 0.1) is 5.41 Å². The minimum Gasteiger partial charge on any atom is -0.481 e. The summed E-state index contributed by atoms with van der Waals surface area (Å²) in [4.78, 5) is 25.0. The number of hydrogen-bond donors (Lipinski definition) is 3. The van der Waals surface area contributed by atoms with E-state index in [1.54, 1.807) is 0 Å². The second-order valence-electron chi connectivity index (χ2n) is 5.03. The summed E-state index contributed by atoms with van der Waals surface area (Å²) in [6.45, 7) is 0.729. The van der Waals surface area contributed by atoms with Crippen molar-refractivity contribution >= 4 is 23.4 Å². The van der Waals surface area contributed by atoms with Crippen molar-refractivity contribution in [3.8, 4) is 0 Å². The Balaban J connectivity index is 2.27. The lowest BCUT2D eigenvalue weighted by Crippen LogP contribution is -2.50. The van der Waals surface area contributed by atoms with Gasteiger partial charge in [-0.3, -0.25) is 4.79 Å². The topological polar surface area (TPSA) is 104 Å². The van der Waals surface area contributed by atoms with E-state index in [0.29, 0.717) is 12.8 Å². The lowest BCUT2D eigenvalue weighted by atomic mass is 9.68. The van der Waals surface area contributed by atoms with Gasteiger partial charge in [0.15, 0.2) is 0 Å². The molecule has 1 unspecified atom stereocenters. The number of piperidine rings is 1. The number of amides is 1. The number of thiophene rings is 1. The van der Waals surface area contributed by atoms with Gasteiger partial charge in [0.2, 0.25) is 0 Å². The Morgan fingerprint density at radius 1 is 1.40 bits per heavy atom. The van der Waals surface area contributed by atoms with Crippen LogP contribution in [0.15, 0.2) is 17.5 Å². The van der Waals surface area contributed by atoms with Crippen molar-refractivity contribution in [3.63, 3.8) is 0 Å². The minimum atomic E-state index is -0.996. The van der Waals surface area contributed by atoms with Crippen LogP contribution >= 0.6 is 11.3 Å². The molecule has 4 N–H and O–H groups in total. The highest BCUT2D eigenvalue weighted by molar-refractivity contribution is 7.10. The average Bonchev–Trinajstić information content (AvgIpc) is 2.93. The van der Waals surface area contributed by atoms with Gasteiger partial charge >= 0.3 is 12.1 Å². The third-order valence-electron chi connectivity index (χ3n) is 4.14. The fraction of sp³-hybridized carbons (Fsp3) is 0.538. The first kappa shape index (κ1) is 14.8. The average molecular weight is 298 g/mol. The van der Waals surface area contributed by atoms with Crippen molar-refractivity contribution in [2.45, 2.75) is 18.8 Å². The fourth-order valence-electron chi connectivity index (χ4n) is 2.91. The molecule has 1 fully saturated rings. The summed E-state index contributed by atoms with van der Waals surface area (Å²) < 4.78 is 0. The van der Waals surface area contributed by atoms with Gasteiger partial charge in [-0.05, 0) is 24.3 Å². The van der Waals surface area contributed by atoms with Crippen molar-refractivity contribution in [2.75, 3.05) is 19.6 Å². The van der Waals surface area contributed by atoms with Gasteiger partial charge in [0.25, 0.3) is 0 Å². The smallest absolute Gasteiger partial charge is 0.407 e. The molecule has 0 aromatic carbocycles. The molecular formula is C13H18N2O4S. The highest BCUT2D eigenvalue weighted by atomic mass is 32.1. The number of likely N-dealkylation sites (tertiary alicyclic amines) is 1. The summed E-state index contributed by atoms with van der Waals surface area (Å²) in [6, 6.07) is 3.78. The molecule has 0 spiro atoms. The molecule has 6 nitrogen and oxygen atoms in total. The summed E-state index contributed by atoms with van der Waals surface area (Å²) >= 11 is 1.50. The second-order valence-corrected chi connectivity index (χ2v) is 6.01. The van der Waals surface area contributed by atoms with E-state index >= 15 is 0 Å². The zero-order chi connectivity index (χ0) is 14.8. The number of aliphatic carboxylic acids is 1. The van der Waals surface area contributed by atoms with Gasteiger partial charge in [0.1, 0.15) is 0 Å². The highest BCUT2D eigenvalue weighted by Gasteiger charge is 2.48. The molecular weight excluding hydrogens is 280 g/mol. The Hall–Kier alpha value is -1.60. The monoisotopic (exact) mass is 298 g/mol. The molecule has 2 rings (SSSR count). The van der Waals surface area contributed by atoms with E-state index in [1.807, 2.05) is 17.5 Å². The first-order valence-corrected chi connectivity index (χ1v) is 7.34. The van der Waals surface area contributed by atoms with E-state index in [-0.39, 0.29) is 25.6 Å². The molecule has 1 aromatic heterocycles. The molecule has 0 aliphatic carbocycles. The summed E-state index contributed by atoms with van der Waals surface area (Å²) in [5.41, 5.74) is 4.86. The summed E-state index contributed by atoms with van der Waals surface area (Å²) in [5, 5.41) is 20.6. The summed E-state index contributed by atoms with van der Waals surface area (Å²) in [7, 11) is 0. The first-order chi connectivity index (χ1) is 9.51. The Morgan fingerprint density at radius 2 is 2.05 bits per heavy atom. The van der Waals surface area contributed by atoms with Crippen LogP contribution in [0.25, 0.3) is 0 Å². The lowest BCUT2D eigenvalue weighted by molar-refractivity contribution is -0.153. The van der Waals surface area contributed by atoms with E-state index in [0.717, 1.165) is 4.88 Å². The maximum Gasteiger partial charge on any atom is 0.407 e. The van der Waals surface area contributed by atoms with Gasteiger partial charge in [-0.15, -0.1) is 11.3 Å². The third kappa shape index (κ3) is 2.51. The molecule has 110 valence electrons. The van der Waals surface area contributed by atoms with Gasteiger partial charge in [0.05, 0.1) is 5.41 Å². The molecule has 1 amide bonds. The summed E-state index contributed by atoms with van der Waals surface area (Å²) in [6.07, 6.45) is -0.396. The SMILES string of the molecule is NCC(c1cccs1)C1(C(=O)O)CCN(C(=O)O)CC1. The molecule has 1 atom stereocenters. The number of nitrogens with two attached hydrogens (primary N) is 1. The fourth-order valence-corrected chi connectivity index (χ4v) is 3.87. The molecule has 0 radical (unpaired) electrons. The molecule has 20 heavy (non-hydrogen) atoms. The number of carboxylic acids is 1. The van der Waals surface area contributed by atoms with Crippen LogP contribution in [0.2, 0.25) is 0 Å². The Labute approximate surface area is 120 Å². The third-order valence-corrected chi connectivity index (χ3v) is 5.13. The lowest BCUT2D eigenvalue weighted by Gasteiger charge is -2.42. The standard InChI is InChI=1S/C13H18N2O4S/c14-8-9(10-2-1-7-20-10)13(11(16)17)3-5-15(6-4-13)12(18)19/h1-2,7,9H,3-6,8,14H2,(H,16,17)(H,18,19). The molecule has 1 saturated heterocycles.